The molecule has 0 atom stereocenters. The Balaban J connectivity index is 2.01. The Bertz CT molecular complexity index is 647. The molecule has 0 aliphatic heterocycles. The number of nitrogens with zero attached hydrogens (tertiary/aromatic N) is 2. The Morgan fingerprint density at radius 2 is 2.19 bits per heavy atom. The lowest BCUT2D eigenvalue weighted by Crippen LogP contribution is -2.24. The molecular weight excluding hydrogens is 273 g/mol. The van der Waals surface area contributed by atoms with E-state index in [1.165, 1.54) is 18.3 Å². The van der Waals surface area contributed by atoms with E-state index in [-0.39, 0.29) is 24.1 Å². The molecule has 0 saturated carbocycles. The molecule has 0 fully saturated rings. The van der Waals surface area contributed by atoms with Crippen molar-refractivity contribution in [1.29, 1.82) is 0 Å². The van der Waals surface area contributed by atoms with Gasteiger partial charge in [0.25, 0.3) is 5.91 Å². The molecule has 0 aliphatic carbocycles. The number of hydrogen-bond acceptors (Lipinski definition) is 5. The average Bonchev–Trinajstić information content (AvgIpc) is 2.49. The minimum absolute atomic E-state index is 0.180. The SMILES string of the molecule is Cc1cc(CNC(=O)c2ccnc(NCN)n2)ccc1F. The molecule has 6 nitrogen and oxygen atoms in total. The van der Waals surface area contributed by atoms with Crippen LogP contribution < -0.4 is 16.4 Å². The Hall–Kier alpha value is -2.54. The smallest absolute Gasteiger partial charge is 0.270 e. The maximum atomic E-state index is 13.2. The summed E-state index contributed by atoms with van der Waals surface area (Å²) in [5.74, 6) is -0.305. The first-order valence-corrected chi connectivity index (χ1v) is 6.40. The first-order chi connectivity index (χ1) is 10.1. The quantitative estimate of drug-likeness (QED) is 0.719. The fraction of sp³-hybridized carbons (Fsp3) is 0.214. The number of anilines is 1. The number of halogens is 1. The van der Waals surface area contributed by atoms with Gasteiger partial charge in [-0.15, -0.1) is 0 Å². The third kappa shape index (κ3) is 3.96. The molecular formula is C14H16FN5O. The summed E-state index contributed by atoms with van der Waals surface area (Å²) in [4.78, 5) is 20.0. The van der Waals surface area contributed by atoms with E-state index in [9.17, 15) is 9.18 Å². The summed E-state index contributed by atoms with van der Waals surface area (Å²) >= 11 is 0. The molecule has 0 aliphatic rings. The standard InChI is InChI=1S/C14H16FN5O/c1-9-6-10(2-3-11(9)15)7-18-13(21)12-4-5-17-14(20-12)19-8-16/h2-6H,7-8,16H2,1H3,(H,18,21)(H,17,19,20). The van der Waals surface area contributed by atoms with Gasteiger partial charge in [0.1, 0.15) is 11.5 Å². The van der Waals surface area contributed by atoms with Crippen LogP contribution in [0, 0.1) is 12.7 Å². The second-order valence-corrected chi connectivity index (χ2v) is 4.41. The highest BCUT2D eigenvalue weighted by Gasteiger charge is 2.08. The van der Waals surface area contributed by atoms with Crippen LogP contribution in [0.25, 0.3) is 0 Å². The predicted molar refractivity (Wildman–Crippen MR) is 77.0 cm³/mol. The van der Waals surface area contributed by atoms with Crippen molar-refractivity contribution in [2.75, 3.05) is 12.0 Å². The Labute approximate surface area is 121 Å². The van der Waals surface area contributed by atoms with Gasteiger partial charge in [-0.3, -0.25) is 4.79 Å². The molecule has 1 heterocycles. The van der Waals surface area contributed by atoms with Crippen LogP contribution in [-0.2, 0) is 6.54 Å². The topological polar surface area (TPSA) is 92.9 Å². The number of benzene rings is 1. The number of carbonyl (C=O) groups excluding carboxylic acids is 1. The van der Waals surface area contributed by atoms with E-state index in [0.29, 0.717) is 18.1 Å². The largest absolute Gasteiger partial charge is 0.347 e. The zero-order chi connectivity index (χ0) is 15.2. The van der Waals surface area contributed by atoms with Gasteiger partial charge in [-0.2, -0.15) is 0 Å². The van der Waals surface area contributed by atoms with Gasteiger partial charge in [-0.05, 0) is 30.2 Å². The van der Waals surface area contributed by atoms with E-state index < -0.39 is 0 Å². The van der Waals surface area contributed by atoms with Gasteiger partial charge < -0.3 is 16.4 Å². The molecule has 4 N–H and O–H groups in total. The van der Waals surface area contributed by atoms with E-state index >= 15 is 0 Å². The van der Waals surface area contributed by atoms with Crippen molar-refractivity contribution in [3.8, 4) is 0 Å². The second kappa shape index (κ2) is 6.76. The molecule has 0 unspecified atom stereocenters. The van der Waals surface area contributed by atoms with Gasteiger partial charge >= 0.3 is 0 Å². The summed E-state index contributed by atoms with van der Waals surface area (Å²) in [7, 11) is 0. The highest BCUT2D eigenvalue weighted by molar-refractivity contribution is 5.92. The zero-order valence-corrected chi connectivity index (χ0v) is 11.6. The Morgan fingerprint density at radius 1 is 1.38 bits per heavy atom. The third-order valence-electron chi connectivity index (χ3n) is 2.82. The van der Waals surface area contributed by atoms with Crippen LogP contribution in [0.4, 0.5) is 10.3 Å². The van der Waals surface area contributed by atoms with Crippen molar-refractivity contribution in [2.24, 2.45) is 5.73 Å². The van der Waals surface area contributed by atoms with E-state index in [2.05, 4.69) is 20.6 Å². The van der Waals surface area contributed by atoms with Crippen LogP contribution >= 0.6 is 0 Å². The molecule has 21 heavy (non-hydrogen) atoms. The minimum Gasteiger partial charge on any atom is -0.347 e. The molecule has 0 bridgehead atoms. The highest BCUT2D eigenvalue weighted by atomic mass is 19.1. The minimum atomic E-state index is -0.334. The first-order valence-electron chi connectivity index (χ1n) is 6.40. The monoisotopic (exact) mass is 289 g/mol. The van der Waals surface area contributed by atoms with Crippen molar-refractivity contribution in [3.63, 3.8) is 0 Å². The predicted octanol–water partition coefficient (Wildman–Crippen LogP) is 1.18. The van der Waals surface area contributed by atoms with Crippen LogP contribution in [0.3, 0.4) is 0 Å². The molecule has 1 aromatic heterocycles. The van der Waals surface area contributed by atoms with Crippen LogP contribution in [0.5, 0.6) is 0 Å². The first kappa shape index (κ1) is 14.9. The lowest BCUT2D eigenvalue weighted by Gasteiger charge is -2.07. The average molecular weight is 289 g/mol. The number of amides is 1. The van der Waals surface area contributed by atoms with Crippen molar-refractivity contribution >= 4 is 11.9 Å². The number of carbonyl (C=O) groups is 1. The van der Waals surface area contributed by atoms with Crippen molar-refractivity contribution in [3.05, 3.63) is 53.1 Å². The number of nitrogens with one attached hydrogen (secondary N) is 2. The molecule has 110 valence electrons. The Morgan fingerprint density at radius 3 is 2.90 bits per heavy atom. The van der Waals surface area contributed by atoms with Crippen LogP contribution in [0.15, 0.2) is 30.5 Å². The van der Waals surface area contributed by atoms with Crippen LogP contribution in [0.2, 0.25) is 0 Å². The molecule has 2 rings (SSSR count). The van der Waals surface area contributed by atoms with Gasteiger partial charge in [-0.25, -0.2) is 14.4 Å². The highest BCUT2D eigenvalue weighted by Crippen LogP contribution is 2.09. The molecule has 0 saturated heterocycles. The van der Waals surface area contributed by atoms with Crippen molar-refractivity contribution in [2.45, 2.75) is 13.5 Å². The maximum absolute atomic E-state index is 13.2. The molecule has 2 aromatic rings. The van der Waals surface area contributed by atoms with E-state index in [4.69, 9.17) is 5.73 Å². The maximum Gasteiger partial charge on any atom is 0.270 e. The molecule has 0 radical (unpaired) electrons. The van der Waals surface area contributed by atoms with E-state index in [1.807, 2.05) is 0 Å². The van der Waals surface area contributed by atoms with E-state index in [1.54, 1.807) is 19.1 Å². The van der Waals surface area contributed by atoms with Gasteiger partial charge in [0, 0.05) is 12.7 Å². The Kier molecular flexibility index (Phi) is 4.78. The van der Waals surface area contributed by atoms with Gasteiger partial charge in [-0.1, -0.05) is 12.1 Å². The van der Waals surface area contributed by atoms with Gasteiger partial charge in [0.05, 0.1) is 6.67 Å². The summed E-state index contributed by atoms with van der Waals surface area (Å²) in [5, 5.41) is 5.44. The fourth-order valence-electron chi connectivity index (χ4n) is 1.75. The third-order valence-corrected chi connectivity index (χ3v) is 2.82. The van der Waals surface area contributed by atoms with Crippen molar-refractivity contribution < 1.29 is 9.18 Å². The fourth-order valence-corrected chi connectivity index (χ4v) is 1.75. The number of hydrogen-bond donors (Lipinski definition) is 3. The number of nitrogens with two attached hydrogens (primary N) is 1. The molecule has 1 aromatic carbocycles. The zero-order valence-electron chi connectivity index (χ0n) is 11.6. The van der Waals surface area contributed by atoms with Crippen LogP contribution in [-0.4, -0.2) is 22.5 Å². The molecule has 0 spiro atoms. The summed E-state index contributed by atoms with van der Waals surface area (Å²) in [6.45, 7) is 2.15. The molecule has 7 heteroatoms. The summed E-state index contributed by atoms with van der Waals surface area (Å²) in [6, 6.07) is 6.21. The van der Waals surface area contributed by atoms with Crippen molar-refractivity contribution in [1.82, 2.24) is 15.3 Å². The summed E-state index contributed by atoms with van der Waals surface area (Å²) < 4.78 is 13.2. The number of aryl methyl sites for hydroxylation is 1. The summed E-state index contributed by atoms with van der Waals surface area (Å²) in [6.07, 6.45) is 1.47. The second-order valence-electron chi connectivity index (χ2n) is 4.41. The van der Waals surface area contributed by atoms with Crippen LogP contribution in [0.1, 0.15) is 21.6 Å². The summed E-state index contributed by atoms with van der Waals surface area (Å²) in [5.41, 5.74) is 6.92. The lowest BCUT2D eigenvalue weighted by atomic mass is 10.1. The lowest BCUT2D eigenvalue weighted by molar-refractivity contribution is 0.0946. The number of aromatic nitrogens is 2. The van der Waals surface area contributed by atoms with Gasteiger partial charge in [0.2, 0.25) is 5.95 Å². The number of rotatable bonds is 5. The normalized spacial score (nSPS) is 10.2. The molecule has 1 amide bonds. The van der Waals surface area contributed by atoms with Gasteiger partial charge in [0.15, 0.2) is 0 Å². The van der Waals surface area contributed by atoms with E-state index in [0.717, 1.165) is 5.56 Å².